The first kappa shape index (κ1) is 30.6. The maximum absolute atomic E-state index is 13.6. The third-order valence-electron chi connectivity index (χ3n) is 8.55. The van der Waals surface area contributed by atoms with Crippen molar-refractivity contribution in [3.8, 4) is 0 Å². The van der Waals surface area contributed by atoms with Crippen molar-refractivity contribution in [2.45, 2.75) is 59.8 Å². The Morgan fingerprint density at radius 3 is 1.42 bits per heavy atom. The highest BCUT2D eigenvalue weighted by Crippen LogP contribution is 2.47. The van der Waals surface area contributed by atoms with Gasteiger partial charge in [0, 0.05) is 5.92 Å². The van der Waals surface area contributed by atoms with Crippen molar-refractivity contribution in [2.24, 2.45) is 5.92 Å². The topological polar surface area (TPSA) is 80.3 Å². The molecule has 7 nitrogen and oxygen atoms in total. The van der Waals surface area contributed by atoms with Crippen molar-refractivity contribution < 1.29 is 32.1 Å². The van der Waals surface area contributed by atoms with E-state index in [2.05, 4.69) is 0 Å². The molecule has 1 saturated heterocycles. The van der Waals surface area contributed by atoms with Gasteiger partial charge in [0.1, 0.15) is 12.2 Å². The summed E-state index contributed by atoms with van der Waals surface area (Å²) in [4.78, 5) is 1.14. The number of ether oxygens (including phenoxy) is 5. The molecule has 1 spiro atoms. The van der Waals surface area contributed by atoms with Gasteiger partial charge in [0.15, 0.2) is 5.79 Å². The van der Waals surface area contributed by atoms with Gasteiger partial charge in [0.25, 0.3) is 0 Å². The maximum atomic E-state index is 13.6. The Labute approximate surface area is 268 Å². The second kappa shape index (κ2) is 13.8. The molecule has 7 rings (SSSR count). The van der Waals surface area contributed by atoms with E-state index in [1.54, 1.807) is 12.1 Å². The van der Waals surface area contributed by atoms with Gasteiger partial charge in [0.05, 0.1) is 81.5 Å². The predicted molar refractivity (Wildman–Crippen MR) is 171 cm³/mol. The summed E-state index contributed by atoms with van der Waals surface area (Å²) in [5.74, 6) is -1.36. The molecule has 0 bridgehead atoms. The Kier molecular flexibility index (Phi) is 9.37. The summed E-state index contributed by atoms with van der Waals surface area (Å²) < 4.78 is 60.4. The first-order valence-corrected chi connectivity index (χ1v) is 17.9. The molecule has 0 amide bonds. The monoisotopic (exact) mass is 644 g/mol. The lowest BCUT2D eigenvalue weighted by Crippen LogP contribution is -2.46. The molecule has 0 aromatic heterocycles. The van der Waals surface area contributed by atoms with Crippen LogP contribution < -0.4 is 0 Å². The van der Waals surface area contributed by atoms with Gasteiger partial charge in [-0.25, -0.2) is 0 Å². The van der Waals surface area contributed by atoms with Crippen LogP contribution in [0.3, 0.4) is 0 Å². The zero-order chi connectivity index (χ0) is 30.6. The molecule has 4 aromatic carbocycles. The van der Waals surface area contributed by atoms with Crippen LogP contribution in [0.1, 0.15) is 16.7 Å². The van der Waals surface area contributed by atoms with Crippen LogP contribution in [0.2, 0.25) is 0 Å². The van der Waals surface area contributed by atoms with E-state index in [4.69, 9.17) is 23.7 Å². The van der Waals surface area contributed by atoms with Gasteiger partial charge >= 0.3 is 0 Å². The fourth-order valence-corrected chi connectivity index (χ4v) is 9.76. The summed E-state index contributed by atoms with van der Waals surface area (Å²) in [6, 6.07) is 37.2. The van der Waals surface area contributed by atoms with Crippen LogP contribution in [-0.2, 0) is 65.1 Å². The van der Waals surface area contributed by atoms with Crippen LogP contribution in [0.5, 0.6) is 0 Å². The summed E-state index contributed by atoms with van der Waals surface area (Å²) in [5.41, 5.74) is 3.15. The molecule has 2 aliphatic heterocycles. The SMILES string of the molecule is O=S1CC2(CS(=O)c3ccccc31)O[C@@H]1[C@H](O2)[C@@H](OCc2ccccc2)C(COCc2ccccc2)[C@H]1OCc1ccccc1. The molecule has 3 unspecified atom stereocenters. The van der Waals surface area contributed by atoms with Gasteiger partial charge in [-0.3, -0.25) is 8.42 Å². The Bertz CT molecular complexity index is 1520. The van der Waals surface area contributed by atoms with Gasteiger partial charge in [-0.2, -0.15) is 0 Å². The van der Waals surface area contributed by atoms with Crippen LogP contribution in [0.4, 0.5) is 0 Å². The van der Waals surface area contributed by atoms with Gasteiger partial charge in [0.2, 0.25) is 0 Å². The van der Waals surface area contributed by atoms with E-state index in [0.29, 0.717) is 36.2 Å². The van der Waals surface area contributed by atoms with E-state index in [9.17, 15) is 8.42 Å². The lowest BCUT2D eigenvalue weighted by Gasteiger charge is -2.32. The van der Waals surface area contributed by atoms with Gasteiger partial charge in [-0.1, -0.05) is 103 Å². The van der Waals surface area contributed by atoms with E-state index >= 15 is 0 Å². The molecular weight excluding hydrogens is 609 g/mol. The van der Waals surface area contributed by atoms with Crippen LogP contribution in [-0.4, -0.2) is 56.7 Å². The van der Waals surface area contributed by atoms with Crippen molar-refractivity contribution in [1.29, 1.82) is 0 Å². The Hall–Kier alpha value is -3.02. The molecule has 2 heterocycles. The molecule has 234 valence electrons. The minimum absolute atomic E-state index is 0.0781. The van der Waals surface area contributed by atoms with Gasteiger partial charge in [-0.05, 0) is 28.8 Å². The fourth-order valence-electron chi connectivity index (χ4n) is 6.45. The zero-order valence-electron chi connectivity index (χ0n) is 24.8. The van der Waals surface area contributed by atoms with E-state index in [1.807, 2.05) is 103 Å². The summed E-state index contributed by atoms with van der Waals surface area (Å²) in [5, 5.41) is 0. The quantitative estimate of drug-likeness (QED) is 0.228. The molecule has 3 aliphatic rings. The summed E-state index contributed by atoms with van der Waals surface area (Å²) in [6.45, 7) is 1.55. The number of fused-ring (bicyclic) bond motifs is 2. The Morgan fingerprint density at radius 2 is 0.978 bits per heavy atom. The smallest absolute Gasteiger partial charge is 0.193 e. The lowest BCUT2D eigenvalue weighted by atomic mass is 10.0. The Balaban J connectivity index is 1.18. The van der Waals surface area contributed by atoms with Crippen molar-refractivity contribution >= 4 is 21.6 Å². The third-order valence-corrected chi connectivity index (χ3v) is 11.8. The molecule has 1 saturated carbocycles. The van der Waals surface area contributed by atoms with Crippen molar-refractivity contribution in [2.75, 3.05) is 18.1 Å². The normalized spacial score (nSPS) is 30.5. The van der Waals surface area contributed by atoms with E-state index in [0.717, 1.165) is 16.7 Å². The molecular formula is C36H36O7S2. The second-order valence-electron chi connectivity index (χ2n) is 11.7. The number of hydrogen-bond donors (Lipinski definition) is 0. The third kappa shape index (κ3) is 6.76. The molecule has 4 aromatic rings. The molecule has 7 atom stereocenters. The largest absolute Gasteiger partial charge is 0.376 e. The average Bonchev–Trinajstić information content (AvgIpc) is 3.52. The van der Waals surface area contributed by atoms with E-state index in [1.165, 1.54) is 0 Å². The maximum Gasteiger partial charge on any atom is 0.193 e. The zero-order valence-corrected chi connectivity index (χ0v) is 26.4. The molecule has 2 fully saturated rings. The standard InChI is InChI=1S/C36H36O7S2/c37-44-24-36(25-45(38)31-19-11-10-18-30(31)44)42-34-32(40-21-27-14-6-2-7-15-27)29(23-39-20-26-12-4-1-5-13-26)33(35(34)43-36)41-22-28-16-8-3-9-17-28/h1-19,29,32-35H,20-25H2/t29?,32-,33+,34+,35-,36?,44?,45?. The lowest BCUT2D eigenvalue weighted by molar-refractivity contribution is -0.193. The van der Waals surface area contributed by atoms with Gasteiger partial charge in [-0.15, -0.1) is 0 Å². The van der Waals surface area contributed by atoms with Crippen molar-refractivity contribution in [1.82, 2.24) is 0 Å². The van der Waals surface area contributed by atoms with Crippen LogP contribution in [0.15, 0.2) is 125 Å². The minimum atomic E-state index is -1.46. The first-order valence-electron chi connectivity index (χ1n) is 15.2. The van der Waals surface area contributed by atoms with Crippen LogP contribution in [0.25, 0.3) is 0 Å². The summed E-state index contributed by atoms with van der Waals surface area (Å²) in [7, 11) is -2.93. The first-order chi connectivity index (χ1) is 22.1. The number of benzene rings is 4. The molecule has 1 aliphatic carbocycles. The molecule has 9 heteroatoms. The highest BCUT2D eigenvalue weighted by molar-refractivity contribution is 7.89. The summed E-state index contributed by atoms with van der Waals surface area (Å²) in [6.07, 6.45) is -1.96. The summed E-state index contributed by atoms with van der Waals surface area (Å²) >= 11 is 0. The fraction of sp³-hybridized carbons (Fsp3) is 0.333. The van der Waals surface area contributed by atoms with Crippen LogP contribution in [0, 0.1) is 5.92 Å². The molecule has 0 N–H and O–H groups in total. The minimum Gasteiger partial charge on any atom is -0.376 e. The molecule has 0 radical (unpaired) electrons. The molecule has 45 heavy (non-hydrogen) atoms. The Morgan fingerprint density at radius 1 is 0.578 bits per heavy atom. The number of hydrogen-bond acceptors (Lipinski definition) is 7. The van der Waals surface area contributed by atoms with Crippen molar-refractivity contribution in [3.63, 3.8) is 0 Å². The van der Waals surface area contributed by atoms with Gasteiger partial charge < -0.3 is 23.7 Å². The predicted octanol–water partition coefficient (Wildman–Crippen LogP) is 5.41. The highest BCUT2D eigenvalue weighted by atomic mass is 32.2. The van der Waals surface area contributed by atoms with E-state index < -0.39 is 51.8 Å². The number of rotatable bonds is 10. The highest BCUT2D eigenvalue weighted by Gasteiger charge is 2.63. The van der Waals surface area contributed by atoms with Crippen molar-refractivity contribution in [3.05, 3.63) is 132 Å². The second-order valence-corrected chi connectivity index (χ2v) is 14.5. The van der Waals surface area contributed by atoms with Crippen LogP contribution >= 0.6 is 0 Å². The average molecular weight is 645 g/mol. The van der Waals surface area contributed by atoms with E-state index in [-0.39, 0.29) is 17.4 Å².